The zero-order valence-electron chi connectivity index (χ0n) is 12.6. The molecule has 2 aromatic heterocycles. The van der Waals surface area contributed by atoms with Crippen molar-refractivity contribution in [3.63, 3.8) is 0 Å². The Morgan fingerprint density at radius 1 is 1.00 bits per heavy atom. The Morgan fingerprint density at radius 2 is 1.87 bits per heavy atom. The summed E-state index contributed by atoms with van der Waals surface area (Å²) in [5.41, 5.74) is 2.97. The normalized spacial score (nSPS) is 10.3. The van der Waals surface area contributed by atoms with Gasteiger partial charge in [0.15, 0.2) is 0 Å². The fourth-order valence-electron chi connectivity index (χ4n) is 2.11. The van der Waals surface area contributed by atoms with Crippen LogP contribution in [0.4, 0.5) is 17.3 Å². The number of halogens is 1. The van der Waals surface area contributed by atoms with Gasteiger partial charge in [-0.05, 0) is 42.8 Å². The second-order valence-electron chi connectivity index (χ2n) is 5.05. The lowest BCUT2D eigenvalue weighted by Gasteiger charge is -2.10. The van der Waals surface area contributed by atoms with E-state index >= 15 is 0 Å². The summed E-state index contributed by atoms with van der Waals surface area (Å²) >= 11 is 5.98. The van der Waals surface area contributed by atoms with Crippen molar-refractivity contribution in [2.75, 3.05) is 10.6 Å². The van der Waals surface area contributed by atoms with E-state index in [1.807, 2.05) is 49.4 Å². The molecule has 6 heteroatoms. The first-order valence-corrected chi connectivity index (χ1v) is 7.57. The first-order chi connectivity index (χ1) is 11.2. The molecule has 2 N–H and O–H groups in total. The molecule has 1 aromatic carbocycles. The number of aryl methyl sites for hydroxylation is 1. The Morgan fingerprint density at radius 3 is 2.65 bits per heavy atom. The van der Waals surface area contributed by atoms with Gasteiger partial charge in [0, 0.05) is 23.0 Å². The molecule has 0 spiro atoms. The van der Waals surface area contributed by atoms with Crippen LogP contribution in [0.25, 0.3) is 0 Å². The summed E-state index contributed by atoms with van der Waals surface area (Å²) in [6, 6.07) is 13.4. The lowest BCUT2D eigenvalue weighted by atomic mass is 10.2. The fourth-order valence-corrected chi connectivity index (χ4v) is 2.34. The Hall–Kier alpha value is -2.66. The number of aromatic nitrogens is 3. The zero-order valence-corrected chi connectivity index (χ0v) is 13.4. The summed E-state index contributed by atoms with van der Waals surface area (Å²) in [4.78, 5) is 12.7. The molecular formula is C17H16ClN5. The average molecular weight is 326 g/mol. The maximum absolute atomic E-state index is 5.98. The van der Waals surface area contributed by atoms with Crippen LogP contribution < -0.4 is 10.6 Å². The van der Waals surface area contributed by atoms with Crippen LogP contribution in [-0.2, 0) is 6.54 Å². The highest BCUT2D eigenvalue weighted by atomic mass is 35.5. The molecule has 2 heterocycles. The minimum Gasteiger partial charge on any atom is -0.364 e. The van der Waals surface area contributed by atoms with Gasteiger partial charge in [-0.15, -0.1) is 0 Å². The second kappa shape index (κ2) is 7.07. The largest absolute Gasteiger partial charge is 0.364 e. The summed E-state index contributed by atoms with van der Waals surface area (Å²) in [7, 11) is 0. The van der Waals surface area contributed by atoms with Crippen molar-refractivity contribution in [2.24, 2.45) is 0 Å². The van der Waals surface area contributed by atoms with Crippen LogP contribution in [-0.4, -0.2) is 15.0 Å². The maximum Gasteiger partial charge on any atom is 0.135 e. The third kappa shape index (κ3) is 4.17. The highest BCUT2D eigenvalue weighted by molar-refractivity contribution is 6.30. The number of benzene rings is 1. The molecule has 0 bridgehead atoms. The van der Waals surface area contributed by atoms with Crippen LogP contribution in [0.1, 0.15) is 11.3 Å². The summed E-state index contributed by atoms with van der Waals surface area (Å²) in [6.07, 6.45) is 3.29. The predicted octanol–water partition coefficient (Wildman–Crippen LogP) is 4.19. The van der Waals surface area contributed by atoms with Gasteiger partial charge >= 0.3 is 0 Å². The van der Waals surface area contributed by atoms with E-state index in [-0.39, 0.29) is 0 Å². The van der Waals surface area contributed by atoms with E-state index in [1.165, 1.54) is 6.33 Å². The third-order valence-electron chi connectivity index (χ3n) is 3.30. The highest BCUT2D eigenvalue weighted by Crippen LogP contribution is 2.23. The van der Waals surface area contributed by atoms with Crippen LogP contribution in [0.2, 0.25) is 5.02 Å². The predicted molar refractivity (Wildman–Crippen MR) is 93.1 cm³/mol. The van der Waals surface area contributed by atoms with Gasteiger partial charge in [0.25, 0.3) is 0 Å². The van der Waals surface area contributed by atoms with Gasteiger partial charge in [-0.25, -0.2) is 9.97 Å². The highest BCUT2D eigenvalue weighted by Gasteiger charge is 2.03. The van der Waals surface area contributed by atoms with Gasteiger partial charge in [0.2, 0.25) is 0 Å². The molecule has 5 nitrogen and oxygen atoms in total. The first-order valence-electron chi connectivity index (χ1n) is 7.20. The smallest absolute Gasteiger partial charge is 0.135 e. The van der Waals surface area contributed by atoms with Crippen molar-refractivity contribution in [1.29, 1.82) is 0 Å². The number of rotatable bonds is 5. The monoisotopic (exact) mass is 325 g/mol. The van der Waals surface area contributed by atoms with E-state index in [1.54, 1.807) is 6.20 Å². The summed E-state index contributed by atoms with van der Waals surface area (Å²) in [6.45, 7) is 2.60. The van der Waals surface area contributed by atoms with Crippen LogP contribution in [0.5, 0.6) is 0 Å². The topological polar surface area (TPSA) is 62.7 Å². The number of nitrogens with one attached hydrogen (secondary N) is 2. The van der Waals surface area contributed by atoms with Gasteiger partial charge in [0.05, 0.1) is 12.2 Å². The SMILES string of the molecule is Cc1cc(Cl)ccc1Nc1cc(NCc2ccccn2)ncn1. The van der Waals surface area contributed by atoms with E-state index in [0.717, 1.165) is 22.8 Å². The molecule has 0 saturated carbocycles. The Balaban J connectivity index is 1.69. The quantitative estimate of drug-likeness (QED) is 0.736. The van der Waals surface area contributed by atoms with E-state index in [9.17, 15) is 0 Å². The van der Waals surface area contributed by atoms with E-state index < -0.39 is 0 Å². The lowest BCUT2D eigenvalue weighted by Crippen LogP contribution is -2.04. The summed E-state index contributed by atoms with van der Waals surface area (Å²) < 4.78 is 0. The van der Waals surface area contributed by atoms with E-state index in [2.05, 4.69) is 25.6 Å². The number of anilines is 3. The summed E-state index contributed by atoms with van der Waals surface area (Å²) in [5, 5.41) is 7.22. The van der Waals surface area contributed by atoms with E-state index in [0.29, 0.717) is 17.4 Å². The number of nitrogens with zero attached hydrogens (tertiary/aromatic N) is 3. The molecule has 0 aliphatic carbocycles. The molecule has 3 aromatic rings. The molecule has 0 atom stereocenters. The molecular weight excluding hydrogens is 310 g/mol. The average Bonchev–Trinajstić information content (AvgIpc) is 2.57. The Kier molecular flexibility index (Phi) is 4.68. The van der Waals surface area contributed by atoms with Crippen molar-refractivity contribution in [2.45, 2.75) is 13.5 Å². The van der Waals surface area contributed by atoms with Gasteiger partial charge < -0.3 is 10.6 Å². The second-order valence-corrected chi connectivity index (χ2v) is 5.48. The zero-order chi connectivity index (χ0) is 16.1. The maximum atomic E-state index is 5.98. The number of pyridine rings is 1. The van der Waals surface area contributed by atoms with Gasteiger partial charge in [0.1, 0.15) is 18.0 Å². The molecule has 0 aliphatic heterocycles. The first kappa shape index (κ1) is 15.2. The van der Waals surface area contributed by atoms with Gasteiger partial charge in [-0.3, -0.25) is 4.98 Å². The van der Waals surface area contributed by atoms with Gasteiger partial charge in [-0.1, -0.05) is 17.7 Å². The number of hydrogen-bond acceptors (Lipinski definition) is 5. The van der Waals surface area contributed by atoms with Crippen LogP contribution in [0.15, 0.2) is 55.0 Å². The van der Waals surface area contributed by atoms with Crippen molar-refractivity contribution >= 4 is 28.9 Å². The molecule has 116 valence electrons. The standard InChI is InChI=1S/C17H16ClN5/c1-12-8-13(18)5-6-15(12)23-17-9-16(21-11-22-17)20-10-14-4-2-3-7-19-14/h2-9,11H,10H2,1H3,(H2,20,21,22,23). The van der Waals surface area contributed by atoms with Crippen molar-refractivity contribution < 1.29 is 0 Å². The Bertz CT molecular complexity index is 792. The van der Waals surface area contributed by atoms with E-state index in [4.69, 9.17) is 11.6 Å². The molecule has 0 unspecified atom stereocenters. The third-order valence-corrected chi connectivity index (χ3v) is 3.53. The van der Waals surface area contributed by atoms with Crippen molar-refractivity contribution in [3.8, 4) is 0 Å². The van der Waals surface area contributed by atoms with Crippen molar-refractivity contribution in [1.82, 2.24) is 15.0 Å². The van der Waals surface area contributed by atoms with Gasteiger partial charge in [-0.2, -0.15) is 0 Å². The molecule has 23 heavy (non-hydrogen) atoms. The molecule has 0 fully saturated rings. The number of hydrogen-bond donors (Lipinski definition) is 2. The van der Waals surface area contributed by atoms with Crippen LogP contribution in [0, 0.1) is 6.92 Å². The molecule has 0 radical (unpaired) electrons. The Labute approximate surface area is 139 Å². The van der Waals surface area contributed by atoms with Crippen molar-refractivity contribution in [3.05, 3.63) is 71.3 Å². The molecule has 3 rings (SSSR count). The van der Waals surface area contributed by atoms with Crippen LogP contribution in [0.3, 0.4) is 0 Å². The lowest BCUT2D eigenvalue weighted by molar-refractivity contribution is 1.02. The molecule has 0 aliphatic rings. The minimum atomic E-state index is 0.608. The molecule has 0 amide bonds. The van der Waals surface area contributed by atoms with Crippen LogP contribution >= 0.6 is 11.6 Å². The molecule has 0 saturated heterocycles. The minimum absolute atomic E-state index is 0.608. The summed E-state index contributed by atoms with van der Waals surface area (Å²) in [5.74, 6) is 1.45. The fraction of sp³-hybridized carbons (Fsp3) is 0.118.